The number of piperidine rings is 1. The summed E-state index contributed by atoms with van der Waals surface area (Å²) in [5.41, 5.74) is -0.462. The Kier molecular flexibility index (Phi) is 4.51. The van der Waals surface area contributed by atoms with Crippen LogP contribution in [0, 0.1) is 5.41 Å². The first-order valence-electron chi connectivity index (χ1n) is 8.69. The minimum atomic E-state index is -0.766. The van der Waals surface area contributed by atoms with Gasteiger partial charge in [-0.2, -0.15) is 0 Å². The second kappa shape index (κ2) is 6.45. The molecule has 0 unspecified atom stereocenters. The highest BCUT2D eigenvalue weighted by Crippen LogP contribution is 2.46. The molecule has 2 heterocycles. The van der Waals surface area contributed by atoms with E-state index in [0.717, 1.165) is 25.9 Å². The summed E-state index contributed by atoms with van der Waals surface area (Å²) in [7, 11) is 1.57. The van der Waals surface area contributed by atoms with Crippen molar-refractivity contribution in [3.63, 3.8) is 0 Å². The largest absolute Gasteiger partial charge is 0.501 e. The van der Waals surface area contributed by atoms with E-state index in [9.17, 15) is 14.7 Å². The molecule has 1 spiro atoms. The summed E-state index contributed by atoms with van der Waals surface area (Å²) < 4.78 is 6.20. The molecule has 1 aromatic heterocycles. The first-order valence-corrected chi connectivity index (χ1v) is 8.69. The summed E-state index contributed by atoms with van der Waals surface area (Å²) in [6.45, 7) is 3.46. The lowest BCUT2D eigenvalue weighted by Crippen LogP contribution is -2.42. The number of hydrogen-bond acceptors (Lipinski definition) is 6. The molecule has 1 aromatic rings. The molecule has 1 N–H and O–H groups in total. The van der Waals surface area contributed by atoms with Crippen molar-refractivity contribution in [3.8, 4) is 5.75 Å². The lowest BCUT2D eigenvalue weighted by molar-refractivity contribution is 0.0515. The topological polar surface area (TPSA) is 84.7 Å². The molecule has 7 nitrogen and oxygen atoms in total. The van der Waals surface area contributed by atoms with Gasteiger partial charge in [-0.3, -0.25) is 9.36 Å². The molecular formula is C17H25N3O4. The number of hydrogen-bond donors (Lipinski definition) is 1. The number of rotatable bonds is 3. The van der Waals surface area contributed by atoms with Crippen LogP contribution < -0.4 is 10.5 Å². The van der Waals surface area contributed by atoms with Crippen LogP contribution in [0.5, 0.6) is 5.75 Å². The smallest absolute Gasteiger partial charge is 0.361 e. The summed E-state index contributed by atoms with van der Waals surface area (Å²) in [5, 5.41) is 9.95. The molecular weight excluding hydrogens is 310 g/mol. The van der Waals surface area contributed by atoms with E-state index >= 15 is 0 Å². The van der Waals surface area contributed by atoms with Gasteiger partial charge in [0.15, 0.2) is 5.69 Å². The van der Waals surface area contributed by atoms with E-state index in [4.69, 9.17) is 4.74 Å². The molecule has 0 radical (unpaired) electrons. The van der Waals surface area contributed by atoms with Crippen LogP contribution in [0.1, 0.15) is 55.9 Å². The molecule has 1 aliphatic carbocycles. The van der Waals surface area contributed by atoms with Crippen LogP contribution in [-0.2, 0) is 11.8 Å². The van der Waals surface area contributed by atoms with Crippen molar-refractivity contribution in [2.24, 2.45) is 12.5 Å². The Balaban J connectivity index is 1.88. The third-order valence-electron chi connectivity index (χ3n) is 5.48. The van der Waals surface area contributed by atoms with Crippen molar-refractivity contribution in [1.82, 2.24) is 9.55 Å². The van der Waals surface area contributed by atoms with Gasteiger partial charge in [0.1, 0.15) is 0 Å². The summed E-state index contributed by atoms with van der Waals surface area (Å²) in [4.78, 5) is 30.5. The van der Waals surface area contributed by atoms with Gasteiger partial charge in [-0.25, -0.2) is 9.78 Å². The van der Waals surface area contributed by atoms with Crippen molar-refractivity contribution in [2.75, 3.05) is 24.6 Å². The van der Waals surface area contributed by atoms with Gasteiger partial charge < -0.3 is 14.7 Å². The van der Waals surface area contributed by atoms with Crippen LogP contribution in [-0.4, -0.2) is 40.3 Å². The summed E-state index contributed by atoms with van der Waals surface area (Å²) in [6, 6.07) is 0. The maximum atomic E-state index is 12.2. The first kappa shape index (κ1) is 16.8. The fraction of sp³-hybridized carbons (Fsp3) is 0.706. The Morgan fingerprint density at radius 2 is 1.88 bits per heavy atom. The molecule has 24 heavy (non-hydrogen) atoms. The number of carbonyl (C=O) groups excluding carboxylic acids is 1. The predicted octanol–water partition coefficient (Wildman–Crippen LogP) is 1.82. The third kappa shape index (κ3) is 2.87. The minimum Gasteiger partial charge on any atom is -0.501 e. The van der Waals surface area contributed by atoms with E-state index < -0.39 is 17.3 Å². The highest BCUT2D eigenvalue weighted by atomic mass is 16.5. The third-order valence-corrected chi connectivity index (χ3v) is 5.48. The molecule has 2 fully saturated rings. The summed E-state index contributed by atoms with van der Waals surface area (Å²) >= 11 is 0. The van der Waals surface area contributed by atoms with Crippen LogP contribution >= 0.6 is 0 Å². The Morgan fingerprint density at radius 1 is 1.25 bits per heavy atom. The Labute approximate surface area is 141 Å². The van der Waals surface area contributed by atoms with Gasteiger partial charge in [0.05, 0.1) is 6.61 Å². The van der Waals surface area contributed by atoms with E-state index in [1.54, 1.807) is 14.0 Å². The molecule has 1 saturated carbocycles. The second-order valence-corrected chi connectivity index (χ2v) is 6.89. The van der Waals surface area contributed by atoms with Crippen LogP contribution in [0.25, 0.3) is 0 Å². The fourth-order valence-corrected chi connectivity index (χ4v) is 4.01. The van der Waals surface area contributed by atoms with Crippen molar-refractivity contribution in [3.05, 3.63) is 16.0 Å². The Morgan fingerprint density at radius 3 is 2.46 bits per heavy atom. The molecule has 0 bridgehead atoms. The molecule has 0 atom stereocenters. The van der Waals surface area contributed by atoms with Crippen molar-refractivity contribution in [1.29, 1.82) is 0 Å². The average molecular weight is 335 g/mol. The first-order chi connectivity index (χ1) is 11.5. The zero-order valence-corrected chi connectivity index (χ0v) is 14.4. The van der Waals surface area contributed by atoms with Crippen LogP contribution in [0.4, 0.5) is 5.95 Å². The number of carbonyl (C=O) groups is 1. The highest BCUT2D eigenvalue weighted by Gasteiger charge is 2.38. The van der Waals surface area contributed by atoms with Gasteiger partial charge in [-0.05, 0) is 38.0 Å². The molecule has 2 aliphatic rings. The SMILES string of the molecule is CCOC(=O)c1nc(N2CCC3(CCCC3)CC2)n(C)c(=O)c1O. The van der Waals surface area contributed by atoms with Gasteiger partial charge in [-0.15, -0.1) is 0 Å². The predicted molar refractivity (Wildman–Crippen MR) is 89.4 cm³/mol. The van der Waals surface area contributed by atoms with E-state index in [0.29, 0.717) is 11.4 Å². The molecule has 0 aromatic carbocycles. The standard InChI is InChI=1S/C17H25N3O4/c1-3-24-15(23)12-13(21)14(22)19(2)16(18-12)20-10-8-17(9-11-20)6-4-5-7-17/h21H,3-11H2,1-2H3. The van der Waals surface area contributed by atoms with E-state index in [1.165, 1.54) is 30.3 Å². The summed E-state index contributed by atoms with van der Waals surface area (Å²) in [5.74, 6) is -0.990. The van der Waals surface area contributed by atoms with Crippen molar-refractivity contribution in [2.45, 2.75) is 45.4 Å². The number of esters is 1. The van der Waals surface area contributed by atoms with Gasteiger partial charge in [0, 0.05) is 20.1 Å². The van der Waals surface area contributed by atoms with E-state index in [2.05, 4.69) is 4.98 Å². The molecule has 0 amide bonds. The van der Waals surface area contributed by atoms with Crippen LogP contribution in [0.3, 0.4) is 0 Å². The fourth-order valence-electron chi connectivity index (χ4n) is 4.01. The molecule has 132 valence electrons. The zero-order chi connectivity index (χ0) is 17.3. The number of anilines is 1. The Bertz CT molecular complexity index is 682. The Hall–Kier alpha value is -2.05. The maximum Gasteiger partial charge on any atom is 0.361 e. The lowest BCUT2D eigenvalue weighted by atomic mass is 9.77. The lowest BCUT2D eigenvalue weighted by Gasteiger charge is -2.40. The van der Waals surface area contributed by atoms with Gasteiger partial charge in [-0.1, -0.05) is 12.8 Å². The second-order valence-electron chi connectivity index (χ2n) is 6.89. The van der Waals surface area contributed by atoms with E-state index in [1.807, 2.05) is 4.90 Å². The van der Waals surface area contributed by atoms with Crippen molar-refractivity contribution < 1.29 is 14.6 Å². The van der Waals surface area contributed by atoms with Crippen molar-refractivity contribution >= 4 is 11.9 Å². The quantitative estimate of drug-likeness (QED) is 0.848. The monoisotopic (exact) mass is 335 g/mol. The van der Waals surface area contributed by atoms with Gasteiger partial charge in [0.2, 0.25) is 11.7 Å². The zero-order valence-electron chi connectivity index (χ0n) is 14.4. The highest BCUT2D eigenvalue weighted by molar-refractivity contribution is 5.90. The molecule has 3 rings (SSSR count). The molecule has 7 heteroatoms. The number of ether oxygens (including phenoxy) is 1. The minimum absolute atomic E-state index is 0.163. The number of aromatic nitrogens is 2. The normalized spacial score (nSPS) is 19.7. The van der Waals surface area contributed by atoms with Crippen LogP contribution in [0.2, 0.25) is 0 Å². The van der Waals surface area contributed by atoms with Gasteiger partial charge in [0.25, 0.3) is 5.56 Å². The number of nitrogens with zero attached hydrogens (tertiary/aromatic N) is 3. The summed E-state index contributed by atoms with van der Waals surface area (Å²) in [6.07, 6.45) is 7.36. The molecule has 1 saturated heterocycles. The van der Waals surface area contributed by atoms with E-state index in [-0.39, 0.29) is 12.3 Å². The van der Waals surface area contributed by atoms with Crippen LogP contribution in [0.15, 0.2) is 4.79 Å². The van der Waals surface area contributed by atoms with Gasteiger partial charge >= 0.3 is 5.97 Å². The average Bonchev–Trinajstić information content (AvgIpc) is 3.02. The maximum absolute atomic E-state index is 12.2. The number of aromatic hydroxyl groups is 1. The molecule has 1 aliphatic heterocycles.